The molecule has 1 heterocycles. The highest BCUT2D eigenvalue weighted by Crippen LogP contribution is 2.35. The van der Waals surface area contributed by atoms with E-state index < -0.39 is 5.92 Å². The number of nitrogens with zero attached hydrogens (tertiary/aromatic N) is 1. The van der Waals surface area contributed by atoms with Gasteiger partial charge < -0.3 is 10.6 Å². The van der Waals surface area contributed by atoms with E-state index in [9.17, 15) is 18.4 Å². The van der Waals surface area contributed by atoms with Gasteiger partial charge in [-0.15, -0.1) is 0 Å². The molecule has 1 fully saturated rings. The van der Waals surface area contributed by atoms with Crippen molar-refractivity contribution in [1.29, 1.82) is 0 Å². The highest BCUT2D eigenvalue weighted by atomic mass is 19.3. The van der Waals surface area contributed by atoms with Crippen LogP contribution in [-0.2, 0) is 6.54 Å². The molecular formula is C27H27F2N3O2. The SMILES string of the molecule is O=C(NCc1cccc(C(=O)NCC2CCC(F)(F)CC2)c1)c1ccc(-c2ccncc2)cc1. The quantitative estimate of drug-likeness (QED) is 0.504. The van der Waals surface area contributed by atoms with E-state index in [1.807, 2.05) is 30.3 Å². The summed E-state index contributed by atoms with van der Waals surface area (Å²) < 4.78 is 26.6. The number of pyridine rings is 1. The minimum atomic E-state index is -2.57. The first-order valence-corrected chi connectivity index (χ1v) is 11.4. The van der Waals surface area contributed by atoms with Crippen molar-refractivity contribution in [3.8, 4) is 11.1 Å². The molecule has 2 N–H and O–H groups in total. The lowest BCUT2D eigenvalue weighted by molar-refractivity contribution is -0.0452. The van der Waals surface area contributed by atoms with Crippen LogP contribution in [0.1, 0.15) is 52.0 Å². The monoisotopic (exact) mass is 463 g/mol. The number of nitrogens with one attached hydrogen (secondary N) is 2. The van der Waals surface area contributed by atoms with Crippen LogP contribution in [0, 0.1) is 5.92 Å². The second kappa shape index (κ2) is 10.5. The van der Waals surface area contributed by atoms with E-state index >= 15 is 0 Å². The van der Waals surface area contributed by atoms with E-state index in [4.69, 9.17) is 0 Å². The van der Waals surface area contributed by atoms with Crippen LogP contribution < -0.4 is 10.6 Å². The van der Waals surface area contributed by atoms with E-state index in [1.54, 1.807) is 42.7 Å². The van der Waals surface area contributed by atoms with Gasteiger partial charge in [0.2, 0.25) is 5.92 Å². The molecule has 4 rings (SSSR count). The predicted molar refractivity (Wildman–Crippen MR) is 127 cm³/mol. The molecule has 0 atom stereocenters. The maximum absolute atomic E-state index is 13.3. The minimum absolute atomic E-state index is 0.0796. The summed E-state index contributed by atoms with van der Waals surface area (Å²) in [5.74, 6) is -2.93. The fourth-order valence-electron chi connectivity index (χ4n) is 4.11. The van der Waals surface area contributed by atoms with Crippen molar-refractivity contribution in [2.45, 2.75) is 38.2 Å². The van der Waals surface area contributed by atoms with Crippen molar-refractivity contribution in [2.24, 2.45) is 5.92 Å². The van der Waals surface area contributed by atoms with Gasteiger partial charge in [0, 0.05) is 49.5 Å². The predicted octanol–water partition coefficient (Wildman–Crippen LogP) is 5.23. The van der Waals surface area contributed by atoms with Gasteiger partial charge in [0.25, 0.3) is 11.8 Å². The molecule has 1 aliphatic carbocycles. The molecule has 176 valence electrons. The summed E-state index contributed by atoms with van der Waals surface area (Å²) in [6.45, 7) is 0.676. The molecule has 0 spiro atoms. The summed E-state index contributed by atoms with van der Waals surface area (Å²) >= 11 is 0. The zero-order chi connectivity index (χ0) is 24.0. The Bertz CT molecular complexity index is 1120. The smallest absolute Gasteiger partial charge is 0.251 e. The molecule has 1 aliphatic rings. The molecule has 1 aromatic heterocycles. The third-order valence-electron chi connectivity index (χ3n) is 6.19. The molecule has 0 bridgehead atoms. The Morgan fingerprint density at radius 3 is 2.21 bits per heavy atom. The van der Waals surface area contributed by atoms with Crippen LogP contribution in [0.5, 0.6) is 0 Å². The number of aromatic nitrogens is 1. The minimum Gasteiger partial charge on any atom is -0.352 e. The summed E-state index contributed by atoms with van der Waals surface area (Å²) in [5, 5.41) is 5.74. The number of amides is 2. The summed E-state index contributed by atoms with van der Waals surface area (Å²) in [4.78, 5) is 29.1. The molecule has 34 heavy (non-hydrogen) atoms. The van der Waals surface area contributed by atoms with E-state index in [1.165, 1.54) is 0 Å². The number of benzene rings is 2. The second-order valence-electron chi connectivity index (χ2n) is 8.71. The zero-order valence-corrected chi connectivity index (χ0v) is 18.8. The third-order valence-corrected chi connectivity index (χ3v) is 6.19. The summed E-state index contributed by atoms with van der Waals surface area (Å²) in [7, 11) is 0. The molecule has 1 saturated carbocycles. The Balaban J connectivity index is 1.28. The van der Waals surface area contributed by atoms with Crippen molar-refractivity contribution in [3.05, 3.63) is 89.7 Å². The lowest BCUT2D eigenvalue weighted by Gasteiger charge is -2.28. The first kappa shape index (κ1) is 23.5. The number of carbonyl (C=O) groups excluding carboxylic acids is 2. The van der Waals surface area contributed by atoms with Crippen LogP contribution in [0.15, 0.2) is 73.1 Å². The Kier molecular flexibility index (Phi) is 7.30. The normalized spacial score (nSPS) is 15.5. The molecule has 2 aromatic carbocycles. The van der Waals surface area contributed by atoms with Gasteiger partial charge in [-0.05, 0) is 71.8 Å². The Hall–Kier alpha value is -3.61. The maximum Gasteiger partial charge on any atom is 0.251 e. The van der Waals surface area contributed by atoms with Crippen LogP contribution in [0.4, 0.5) is 8.78 Å². The lowest BCUT2D eigenvalue weighted by Crippen LogP contribution is -2.34. The van der Waals surface area contributed by atoms with Crippen molar-refractivity contribution < 1.29 is 18.4 Å². The van der Waals surface area contributed by atoms with E-state index in [0.29, 0.717) is 30.5 Å². The van der Waals surface area contributed by atoms with Crippen LogP contribution >= 0.6 is 0 Å². The molecule has 5 nitrogen and oxygen atoms in total. The number of hydrogen-bond donors (Lipinski definition) is 2. The molecule has 3 aromatic rings. The largest absolute Gasteiger partial charge is 0.352 e. The molecule has 0 unspecified atom stereocenters. The van der Waals surface area contributed by atoms with Crippen molar-refractivity contribution in [1.82, 2.24) is 15.6 Å². The standard InChI is InChI=1S/C27H27F2N3O2/c28-27(29)12-8-19(9-13-27)17-31-26(34)24-3-1-2-20(16-24)18-32-25(33)23-6-4-21(5-7-23)22-10-14-30-15-11-22/h1-7,10-11,14-16,19H,8-9,12-13,17-18H2,(H,31,34)(H,32,33). The number of alkyl halides is 2. The zero-order valence-electron chi connectivity index (χ0n) is 18.8. The number of hydrogen-bond acceptors (Lipinski definition) is 3. The summed E-state index contributed by atoms with van der Waals surface area (Å²) in [6.07, 6.45) is 4.05. The van der Waals surface area contributed by atoms with Crippen LogP contribution in [0.25, 0.3) is 11.1 Å². The summed E-state index contributed by atoms with van der Waals surface area (Å²) in [6, 6.07) is 18.2. The Morgan fingerprint density at radius 2 is 1.50 bits per heavy atom. The van der Waals surface area contributed by atoms with Crippen LogP contribution in [-0.4, -0.2) is 29.3 Å². The highest BCUT2D eigenvalue weighted by Gasteiger charge is 2.34. The number of rotatable bonds is 7. The summed E-state index contributed by atoms with van der Waals surface area (Å²) in [5.41, 5.74) is 3.85. The van der Waals surface area contributed by atoms with E-state index in [2.05, 4.69) is 15.6 Å². The van der Waals surface area contributed by atoms with Crippen LogP contribution in [0.2, 0.25) is 0 Å². The Labute approximate surface area is 197 Å². The topological polar surface area (TPSA) is 71.1 Å². The molecule has 2 amide bonds. The fraction of sp³-hybridized carbons (Fsp3) is 0.296. The second-order valence-corrected chi connectivity index (χ2v) is 8.71. The fourth-order valence-corrected chi connectivity index (χ4v) is 4.11. The van der Waals surface area contributed by atoms with Gasteiger partial charge in [-0.2, -0.15) is 0 Å². The molecule has 0 aliphatic heterocycles. The highest BCUT2D eigenvalue weighted by molar-refractivity contribution is 5.95. The van der Waals surface area contributed by atoms with E-state index in [-0.39, 0.29) is 37.1 Å². The van der Waals surface area contributed by atoms with Crippen molar-refractivity contribution in [3.63, 3.8) is 0 Å². The van der Waals surface area contributed by atoms with E-state index in [0.717, 1.165) is 16.7 Å². The van der Waals surface area contributed by atoms with Gasteiger partial charge >= 0.3 is 0 Å². The van der Waals surface area contributed by atoms with Gasteiger partial charge in [-0.3, -0.25) is 14.6 Å². The first-order valence-electron chi connectivity index (χ1n) is 11.4. The third kappa shape index (κ3) is 6.25. The van der Waals surface area contributed by atoms with Crippen LogP contribution in [0.3, 0.4) is 0 Å². The number of carbonyl (C=O) groups is 2. The maximum atomic E-state index is 13.3. The van der Waals surface area contributed by atoms with Gasteiger partial charge in [-0.1, -0.05) is 24.3 Å². The van der Waals surface area contributed by atoms with Crippen molar-refractivity contribution in [2.75, 3.05) is 6.54 Å². The molecule has 0 radical (unpaired) electrons. The van der Waals surface area contributed by atoms with Gasteiger partial charge in [0.1, 0.15) is 0 Å². The lowest BCUT2D eigenvalue weighted by atomic mass is 9.87. The van der Waals surface area contributed by atoms with Gasteiger partial charge in [0.15, 0.2) is 0 Å². The van der Waals surface area contributed by atoms with Gasteiger partial charge in [-0.25, -0.2) is 8.78 Å². The molecular weight excluding hydrogens is 436 g/mol. The first-order chi connectivity index (χ1) is 16.4. The van der Waals surface area contributed by atoms with Crippen molar-refractivity contribution >= 4 is 11.8 Å². The average Bonchev–Trinajstić information content (AvgIpc) is 2.87. The average molecular weight is 464 g/mol. The number of halogens is 2. The Morgan fingerprint density at radius 1 is 0.853 bits per heavy atom. The molecule has 7 heteroatoms. The van der Waals surface area contributed by atoms with Gasteiger partial charge in [0.05, 0.1) is 0 Å². The molecule has 0 saturated heterocycles.